The van der Waals surface area contributed by atoms with Crippen LogP contribution in [0.2, 0.25) is 0 Å². The average molecular weight is 343 g/mol. The van der Waals surface area contributed by atoms with E-state index in [1.165, 1.54) is 48.5 Å². The summed E-state index contributed by atoms with van der Waals surface area (Å²) in [5, 5.41) is 12.9. The average Bonchev–Trinajstić information content (AvgIpc) is 2.59. The molecule has 3 N–H and O–H groups in total. The number of anilines is 1. The number of nitrogens with one attached hydrogen (secondary N) is 1. The van der Waals surface area contributed by atoms with Gasteiger partial charge >= 0.3 is 12.0 Å². The Labute approximate surface area is 141 Å². The molecule has 0 aliphatic carbocycles. The summed E-state index contributed by atoms with van der Waals surface area (Å²) >= 11 is 0. The summed E-state index contributed by atoms with van der Waals surface area (Å²) in [6.07, 6.45) is 0. The van der Waals surface area contributed by atoms with Gasteiger partial charge in [-0.15, -0.1) is 0 Å². The monoisotopic (exact) mass is 343 g/mol. The van der Waals surface area contributed by atoms with Gasteiger partial charge in [-0.25, -0.2) is 9.59 Å². The van der Waals surface area contributed by atoms with Crippen LogP contribution < -0.4 is 11.1 Å². The van der Waals surface area contributed by atoms with Crippen molar-refractivity contribution in [3.05, 3.63) is 69.8 Å². The van der Waals surface area contributed by atoms with Gasteiger partial charge in [0.2, 0.25) is 0 Å². The summed E-state index contributed by atoms with van der Waals surface area (Å²) in [5.74, 6) is -1.21. The Morgan fingerprint density at radius 2 is 1.56 bits per heavy atom. The minimum atomic E-state index is -0.768. The maximum atomic E-state index is 12.0. The molecule has 2 aromatic rings. The molecular formula is C16H13N3O6. The van der Waals surface area contributed by atoms with Crippen molar-refractivity contribution >= 4 is 29.2 Å². The SMILES string of the molecule is NC(=O)Nc1ccc(C(=O)COC(=O)c2ccc([N+](=O)[O-])cc2)cc1. The van der Waals surface area contributed by atoms with E-state index in [0.29, 0.717) is 5.69 Å². The minimum absolute atomic E-state index is 0.0967. The molecule has 0 spiro atoms. The molecule has 0 atom stereocenters. The topological polar surface area (TPSA) is 142 Å². The van der Waals surface area contributed by atoms with Gasteiger partial charge in [0.05, 0.1) is 10.5 Å². The number of nitrogens with two attached hydrogens (primary N) is 1. The van der Waals surface area contributed by atoms with Crippen molar-refractivity contribution in [2.75, 3.05) is 11.9 Å². The molecule has 0 fully saturated rings. The number of hydrogen-bond donors (Lipinski definition) is 2. The number of rotatable bonds is 6. The fraction of sp³-hybridized carbons (Fsp3) is 0.0625. The number of nitrogens with zero attached hydrogens (tertiary/aromatic N) is 1. The first-order valence-corrected chi connectivity index (χ1v) is 6.98. The zero-order valence-corrected chi connectivity index (χ0v) is 12.8. The number of ketones is 1. The van der Waals surface area contributed by atoms with E-state index in [9.17, 15) is 24.5 Å². The van der Waals surface area contributed by atoms with E-state index in [-0.39, 0.29) is 16.8 Å². The van der Waals surface area contributed by atoms with Gasteiger partial charge < -0.3 is 15.8 Å². The first-order valence-electron chi connectivity index (χ1n) is 6.98. The lowest BCUT2D eigenvalue weighted by Crippen LogP contribution is -2.19. The molecule has 0 aliphatic rings. The Bertz CT molecular complexity index is 815. The van der Waals surface area contributed by atoms with E-state index in [1.54, 1.807) is 0 Å². The standard InChI is InChI=1S/C16H13N3O6/c17-16(22)18-12-5-1-10(2-6-12)14(20)9-25-15(21)11-3-7-13(8-4-11)19(23)24/h1-8H,9H2,(H3,17,18,22). The smallest absolute Gasteiger partial charge is 0.338 e. The van der Waals surface area contributed by atoms with Gasteiger partial charge in [-0.05, 0) is 36.4 Å². The summed E-state index contributed by atoms with van der Waals surface area (Å²) < 4.78 is 4.89. The third-order valence-electron chi connectivity index (χ3n) is 3.12. The van der Waals surface area contributed by atoms with Crippen LogP contribution >= 0.6 is 0 Å². The Morgan fingerprint density at radius 1 is 1.00 bits per heavy atom. The van der Waals surface area contributed by atoms with Gasteiger partial charge in [0.15, 0.2) is 12.4 Å². The van der Waals surface area contributed by atoms with E-state index < -0.39 is 29.3 Å². The van der Waals surface area contributed by atoms with Crippen LogP contribution in [0.5, 0.6) is 0 Å². The zero-order chi connectivity index (χ0) is 18.4. The molecule has 9 nitrogen and oxygen atoms in total. The summed E-state index contributed by atoms with van der Waals surface area (Å²) in [6.45, 7) is -0.488. The fourth-order valence-electron chi connectivity index (χ4n) is 1.90. The molecular weight excluding hydrogens is 330 g/mol. The molecule has 0 heterocycles. The molecule has 0 aliphatic heterocycles. The second-order valence-electron chi connectivity index (χ2n) is 4.87. The molecule has 25 heavy (non-hydrogen) atoms. The van der Waals surface area contributed by atoms with Crippen molar-refractivity contribution in [3.8, 4) is 0 Å². The van der Waals surface area contributed by atoms with Crippen LogP contribution in [0.4, 0.5) is 16.2 Å². The maximum absolute atomic E-state index is 12.0. The van der Waals surface area contributed by atoms with E-state index in [2.05, 4.69) is 5.32 Å². The third-order valence-corrected chi connectivity index (χ3v) is 3.12. The third kappa shape index (κ3) is 4.86. The Hall–Kier alpha value is -3.75. The number of ether oxygens (including phenoxy) is 1. The Morgan fingerprint density at radius 3 is 2.08 bits per heavy atom. The number of non-ortho nitro benzene ring substituents is 1. The van der Waals surface area contributed by atoms with Crippen LogP contribution in [-0.2, 0) is 4.74 Å². The number of nitro groups is 1. The van der Waals surface area contributed by atoms with Crippen LogP contribution in [0.25, 0.3) is 0 Å². The molecule has 128 valence electrons. The van der Waals surface area contributed by atoms with Gasteiger partial charge in [0, 0.05) is 23.4 Å². The molecule has 0 aromatic heterocycles. The van der Waals surface area contributed by atoms with Crippen molar-refractivity contribution in [2.24, 2.45) is 5.73 Å². The van der Waals surface area contributed by atoms with Crippen LogP contribution in [0.1, 0.15) is 20.7 Å². The number of hydrogen-bond acceptors (Lipinski definition) is 6. The zero-order valence-electron chi connectivity index (χ0n) is 12.8. The number of urea groups is 1. The van der Waals surface area contributed by atoms with Crippen LogP contribution in [0, 0.1) is 10.1 Å². The molecule has 0 bridgehead atoms. The molecule has 0 saturated heterocycles. The van der Waals surface area contributed by atoms with E-state index >= 15 is 0 Å². The summed E-state index contributed by atoms with van der Waals surface area (Å²) in [4.78, 5) is 44.5. The largest absolute Gasteiger partial charge is 0.454 e. The molecule has 0 saturated carbocycles. The second kappa shape index (κ2) is 7.68. The van der Waals surface area contributed by atoms with Crippen molar-refractivity contribution in [1.29, 1.82) is 0 Å². The van der Waals surface area contributed by atoms with Gasteiger partial charge in [-0.2, -0.15) is 0 Å². The van der Waals surface area contributed by atoms with Crippen molar-refractivity contribution in [2.45, 2.75) is 0 Å². The lowest BCUT2D eigenvalue weighted by Gasteiger charge is -2.06. The number of primary amides is 1. The number of carbonyl (C=O) groups is 3. The van der Waals surface area contributed by atoms with Crippen LogP contribution in [0.3, 0.4) is 0 Å². The number of carbonyl (C=O) groups excluding carboxylic acids is 3. The molecule has 0 unspecified atom stereocenters. The van der Waals surface area contributed by atoms with Gasteiger partial charge in [0.25, 0.3) is 5.69 Å². The van der Waals surface area contributed by atoms with Gasteiger partial charge in [0.1, 0.15) is 0 Å². The predicted octanol–water partition coefficient (Wildman–Crippen LogP) is 2.13. The Balaban J connectivity index is 1.93. The normalized spacial score (nSPS) is 9.92. The highest BCUT2D eigenvalue weighted by atomic mass is 16.6. The number of esters is 1. The summed E-state index contributed by atoms with van der Waals surface area (Å²) in [7, 11) is 0. The second-order valence-corrected chi connectivity index (χ2v) is 4.87. The molecule has 0 radical (unpaired) electrons. The highest BCUT2D eigenvalue weighted by Gasteiger charge is 2.13. The first kappa shape index (κ1) is 17.6. The van der Waals surface area contributed by atoms with Crippen molar-refractivity contribution < 1.29 is 24.0 Å². The van der Waals surface area contributed by atoms with Gasteiger partial charge in [-0.3, -0.25) is 14.9 Å². The quantitative estimate of drug-likeness (QED) is 0.356. The number of Topliss-reactive ketones (excluding diaryl/α,β-unsaturated/α-hetero) is 1. The number of amides is 2. The maximum Gasteiger partial charge on any atom is 0.338 e. The van der Waals surface area contributed by atoms with E-state index in [0.717, 1.165) is 0 Å². The number of nitro benzene ring substituents is 1. The fourth-order valence-corrected chi connectivity index (χ4v) is 1.90. The highest BCUT2D eigenvalue weighted by Crippen LogP contribution is 2.13. The Kier molecular flexibility index (Phi) is 5.41. The van der Waals surface area contributed by atoms with Gasteiger partial charge in [-0.1, -0.05) is 0 Å². The lowest BCUT2D eigenvalue weighted by atomic mass is 10.1. The minimum Gasteiger partial charge on any atom is -0.454 e. The molecule has 2 rings (SSSR count). The van der Waals surface area contributed by atoms with E-state index in [1.807, 2.05) is 0 Å². The molecule has 2 aromatic carbocycles. The molecule has 2 amide bonds. The number of benzene rings is 2. The molecule has 9 heteroatoms. The summed E-state index contributed by atoms with van der Waals surface area (Å²) in [6, 6.07) is 9.97. The van der Waals surface area contributed by atoms with Crippen molar-refractivity contribution in [1.82, 2.24) is 0 Å². The van der Waals surface area contributed by atoms with Crippen molar-refractivity contribution in [3.63, 3.8) is 0 Å². The van der Waals surface area contributed by atoms with Crippen LogP contribution in [0.15, 0.2) is 48.5 Å². The lowest BCUT2D eigenvalue weighted by molar-refractivity contribution is -0.384. The summed E-state index contributed by atoms with van der Waals surface area (Å²) in [5.41, 5.74) is 5.62. The highest BCUT2D eigenvalue weighted by molar-refractivity contribution is 6.00. The predicted molar refractivity (Wildman–Crippen MR) is 87.4 cm³/mol. The van der Waals surface area contributed by atoms with Crippen LogP contribution in [-0.4, -0.2) is 29.3 Å². The first-order chi connectivity index (χ1) is 11.9. The van der Waals surface area contributed by atoms with E-state index in [4.69, 9.17) is 10.5 Å².